The van der Waals surface area contributed by atoms with E-state index in [9.17, 15) is 0 Å². The Balaban J connectivity index is 2.49. The van der Waals surface area contributed by atoms with Crippen molar-refractivity contribution in [3.05, 3.63) is 24.0 Å². The van der Waals surface area contributed by atoms with Crippen molar-refractivity contribution in [1.82, 2.24) is 15.2 Å². The molecule has 1 unspecified atom stereocenters. The minimum Gasteiger partial charge on any atom is -0.357 e. The Morgan fingerprint density at radius 3 is 2.60 bits per heavy atom. The Bertz CT molecular complexity index is 406. The summed E-state index contributed by atoms with van der Waals surface area (Å²) in [6.07, 6.45) is 6.57. The van der Waals surface area contributed by atoms with E-state index in [1.165, 1.54) is 18.4 Å². The van der Waals surface area contributed by atoms with Crippen molar-refractivity contribution in [3.63, 3.8) is 0 Å². The molecule has 1 rings (SSSR count). The number of hydrogen-bond acceptors (Lipinski definition) is 1. The number of guanidine groups is 1. The first kappa shape index (κ1) is 16.6. The molecule has 4 heteroatoms. The van der Waals surface area contributed by atoms with E-state index < -0.39 is 0 Å². The molecule has 0 aliphatic heterocycles. The van der Waals surface area contributed by atoms with Gasteiger partial charge in [-0.2, -0.15) is 0 Å². The molecule has 0 saturated heterocycles. The van der Waals surface area contributed by atoms with Gasteiger partial charge < -0.3 is 15.2 Å². The first-order valence-corrected chi connectivity index (χ1v) is 7.67. The molecule has 0 amide bonds. The molecule has 0 aromatic carbocycles. The smallest absolute Gasteiger partial charge is 0.191 e. The number of aromatic nitrogens is 1. The van der Waals surface area contributed by atoms with Gasteiger partial charge in [-0.05, 0) is 44.2 Å². The highest BCUT2D eigenvalue weighted by atomic mass is 15.2. The largest absolute Gasteiger partial charge is 0.357 e. The highest BCUT2D eigenvalue weighted by Gasteiger charge is 2.06. The summed E-state index contributed by atoms with van der Waals surface area (Å²) in [4.78, 5) is 4.65. The van der Waals surface area contributed by atoms with Crippen LogP contribution in [0, 0.1) is 5.92 Å². The molecular formula is C16H30N4. The number of rotatable bonds is 7. The summed E-state index contributed by atoms with van der Waals surface area (Å²) in [6.45, 7) is 10.4. The van der Waals surface area contributed by atoms with Crippen LogP contribution in [0.3, 0.4) is 0 Å². The van der Waals surface area contributed by atoms with Gasteiger partial charge >= 0.3 is 0 Å². The average Bonchev–Trinajstić information content (AvgIpc) is 2.80. The topological polar surface area (TPSA) is 41.4 Å². The van der Waals surface area contributed by atoms with E-state index >= 15 is 0 Å². The Morgan fingerprint density at radius 1 is 1.30 bits per heavy atom. The fourth-order valence-corrected chi connectivity index (χ4v) is 2.03. The van der Waals surface area contributed by atoms with Gasteiger partial charge in [0.1, 0.15) is 0 Å². The molecule has 0 spiro atoms. The molecule has 1 heterocycles. The number of nitrogens with zero attached hydrogens (tertiary/aromatic N) is 2. The molecule has 0 aliphatic rings. The van der Waals surface area contributed by atoms with Gasteiger partial charge in [-0.15, -0.1) is 0 Å². The molecule has 1 aromatic heterocycles. The first-order chi connectivity index (χ1) is 9.51. The van der Waals surface area contributed by atoms with Gasteiger partial charge in [0.2, 0.25) is 0 Å². The predicted molar refractivity (Wildman–Crippen MR) is 86.9 cm³/mol. The zero-order valence-corrected chi connectivity index (χ0v) is 13.6. The van der Waals surface area contributed by atoms with Crippen LogP contribution in [0.5, 0.6) is 0 Å². The van der Waals surface area contributed by atoms with E-state index in [4.69, 9.17) is 0 Å². The quantitative estimate of drug-likeness (QED) is 0.595. The fourth-order valence-electron chi connectivity index (χ4n) is 2.03. The summed E-state index contributed by atoms with van der Waals surface area (Å²) in [5, 5.41) is 6.79. The average molecular weight is 278 g/mol. The monoisotopic (exact) mass is 278 g/mol. The maximum absolute atomic E-state index is 4.65. The van der Waals surface area contributed by atoms with Gasteiger partial charge in [0.25, 0.3) is 0 Å². The zero-order valence-electron chi connectivity index (χ0n) is 13.6. The Kier molecular flexibility index (Phi) is 7.20. The van der Waals surface area contributed by atoms with Gasteiger partial charge in [0, 0.05) is 32.0 Å². The summed E-state index contributed by atoms with van der Waals surface area (Å²) in [5.41, 5.74) is 1.24. The number of aryl methyl sites for hydroxylation is 1. The predicted octanol–water partition coefficient (Wildman–Crippen LogP) is 2.90. The lowest BCUT2D eigenvalue weighted by molar-refractivity contribution is 0.489. The SMILES string of the molecule is CCNC(=NCc1ccn(C)c1)NC(C)CCC(C)C. The second-order valence-electron chi connectivity index (χ2n) is 5.90. The van der Waals surface area contributed by atoms with Crippen molar-refractivity contribution >= 4 is 5.96 Å². The molecule has 1 aromatic rings. The minimum atomic E-state index is 0.450. The van der Waals surface area contributed by atoms with E-state index in [1.807, 2.05) is 7.05 Å². The number of hydrogen-bond donors (Lipinski definition) is 2. The van der Waals surface area contributed by atoms with Crippen molar-refractivity contribution < 1.29 is 0 Å². The van der Waals surface area contributed by atoms with Crippen LogP contribution in [0.25, 0.3) is 0 Å². The van der Waals surface area contributed by atoms with Crippen LogP contribution in [0.4, 0.5) is 0 Å². The second kappa shape index (κ2) is 8.67. The van der Waals surface area contributed by atoms with Crippen LogP contribution in [-0.4, -0.2) is 23.1 Å². The van der Waals surface area contributed by atoms with E-state index in [1.54, 1.807) is 0 Å². The molecule has 114 valence electrons. The van der Waals surface area contributed by atoms with Gasteiger partial charge in [0.05, 0.1) is 6.54 Å². The molecule has 0 fully saturated rings. The van der Waals surface area contributed by atoms with E-state index in [0.29, 0.717) is 12.6 Å². The molecule has 2 N–H and O–H groups in total. The second-order valence-corrected chi connectivity index (χ2v) is 5.90. The van der Waals surface area contributed by atoms with E-state index in [-0.39, 0.29) is 0 Å². The first-order valence-electron chi connectivity index (χ1n) is 7.67. The van der Waals surface area contributed by atoms with Crippen LogP contribution in [0.15, 0.2) is 23.5 Å². The van der Waals surface area contributed by atoms with Crippen molar-refractivity contribution in [2.24, 2.45) is 18.0 Å². The molecule has 0 saturated carbocycles. The van der Waals surface area contributed by atoms with Gasteiger partial charge in [-0.3, -0.25) is 0 Å². The van der Waals surface area contributed by atoms with E-state index in [2.05, 4.69) is 66.3 Å². The fraction of sp³-hybridized carbons (Fsp3) is 0.688. The summed E-state index contributed by atoms with van der Waals surface area (Å²) >= 11 is 0. The van der Waals surface area contributed by atoms with Crippen molar-refractivity contribution in [3.8, 4) is 0 Å². The lowest BCUT2D eigenvalue weighted by Gasteiger charge is -2.18. The Labute approximate surface area is 123 Å². The maximum Gasteiger partial charge on any atom is 0.191 e. The molecule has 1 atom stereocenters. The third-order valence-electron chi connectivity index (χ3n) is 3.22. The molecule has 0 bridgehead atoms. The number of nitrogens with one attached hydrogen (secondary N) is 2. The normalized spacial score (nSPS) is 13.6. The summed E-state index contributed by atoms with van der Waals surface area (Å²) in [6, 6.07) is 2.56. The van der Waals surface area contributed by atoms with Crippen LogP contribution in [-0.2, 0) is 13.6 Å². The Hall–Kier alpha value is -1.45. The lowest BCUT2D eigenvalue weighted by Crippen LogP contribution is -2.42. The maximum atomic E-state index is 4.65. The van der Waals surface area contributed by atoms with Gasteiger partial charge in [-0.1, -0.05) is 13.8 Å². The van der Waals surface area contributed by atoms with Crippen molar-refractivity contribution in [1.29, 1.82) is 0 Å². The summed E-state index contributed by atoms with van der Waals surface area (Å²) in [5.74, 6) is 1.66. The van der Waals surface area contributed by atoms with Crippen LogP contribution < -0.4 is 10.6 Å². The van der Waals surface area contributed by atoms with E-state index in [0.717, 1.165) is 18.4 Å². The summed E-state index contributed by atoms with van der Waals surface area (Å²) in [7, 11) is 2.03. The standard InChI is InChI=1S/C16H30N4/c1-6-17-16(19-14(4)8-7-13(2)3)18-11-15-9-10-20(5)12-15/h9-10,12-14H,6-8,11H2,1-5H3,(H2,17,18,19). The van der Waals surface area contributed by atoms with Gasteiger partial charge in [-0.25, -0.2) is 4.99 Å². The third-order valence-corrected chi connectivity index (χ3v) is 3.22. The third kappa shape index (κ3) is 6.64. The molecule has 4 nitrogen and oxygen atoms in total. The van der Waals surface area contributed by atoms with Crippen molar-refractivity contribution in [2.75, 3.05) is 6.54 Å². The lowest BCUT2D eigenvalue weighted by atomic mass is 10.0. The highest BCUT2D eigenvalue weighted by Crippen LogP contribution is 2.06. The Morgan fingerprint density at radius 2 is 2.05 bits per heavy atom. The minimum absolute atomic E-state index is 0.450. The van der Waals surface area contributed by atoms with Crippen LogP contribution in [0.1, 0.15) is 46.1 Å². The molecule has 20 heavy (non-hydrogen) atoms. The molecular weight excluding hydrogens is 248 g/mol. The van der Waals surface area contributed by atoms with Crippen molar-refractivity contribution in [2.45, 2.75) is 53.1 Å². The number of aliphatic imine (C=N–C) groups is 1. The molecule has 0 radical (unpaired) electrons. The van der Waals surface area contributed by atoms with Gasteiger partial charge in [0.15, 0.2) is 5.96 Å². The molecule has 0 aliphatic carbocycles. The highest BCUT2D eigenvalue weighted by molar-refractivity contribution is 5.80. The zero-order chi connectivity index (χ0) is 15.0. The van der Waals surface area contributed by atoms with Crippen LogP contribution in [0.2, 0.25) is 0 Å². The summed E-state index contributed by atoms with van der Waals surface area (Å²) < 4.78 is 2.05. The van der Waals surface area contributed by atoms with Crippen LogP contribution >= 0.6 is 0 Å².